The van der Waals surface area contributed by atoms with Crippen molar-refractivity contribution in [2.24, 2.45) is 0 Å². The number of hydrogen-bond donors (Lipinski definition) is 2. The summed E-state index contributed by atoms with van der Waals surface area (Å²) < 4.78 is 32.7. The summed E-state index contributed by atoms with van der Waals surface area (Å²) in [6.45, 7) is 0.534. The Hall–Kier alpha value is -4.67. The van der Waals surface area contributed by atoms with E-state index in [0.29, 0.717) is 35.2 Å². The third-order valence-corrected chi connectivity index (χ3v) is 7.63. The molecule has 0 spiro atoms. The number of benzene rings is 3. The van der Waals surface area contributed by atoms with Crippen molar-refractivity contribution >= 4 is 56.3 Å². The van der Waals surface area contributed by atoms with E-state index in [4.69, 9.17) is 25.8 Å². The molecule has 8 nitrogen and oxygen atoms in total. The molecule has 2 N–H and O–H groups in total. The molecule has 2 heterocycles. The van der Waals surface area contributed by atoms with Crippen LogP contribution in [-0.4, -0.2) is 36.4 Å². The summed E-state index contributed by atoms with van der Waals surface area (Å²) in [5.41, 5.74) is 2.30. The SMILES string of the molecule is COc1ccccc1NC(=O)CC(=O)Nc1ccc(Oc2ccnc3cc(-c4cccc(OCCCCl)c4)sc23)c(F)c1. The van der Waals surface area contributed by atoms with Gasteiger partial charge in [-0.15, -0.1) is 22.9 Å². The van der Waals surface area contributed by atoms with Gasteiger partial charge >= 0.3 is 0 Å². The van der Waals surface area contributed by atoms with Crippen molar-refractivity contribution in [3.63, 3.8) is 0 Å². The number of pyridine rings is 1. The number of amides is 2. The lowest BCUT2D eigenvalue weighted by Crippen LogP contribution is -2.21. The highest BCUT2D eigenvalue weighted by Crippen LogP contribution is 2.40. The normalized spacial score (nSPS) is 10.8. The van der Waals surface area contributed by atoms with Crippen LogP contribution >= 0.6 is 22.9 Å². The van der Waals surface area contributed by atoms with Gasteiger partial charge in [0.05, 0.1) is 29.6 Å². The maximum atomic E-state index is 15.1. The minimum Gasteiger partial charge on any atom is -0.495 e. The van der Waals surface area contributed by atoms with Gasteiger partial charge in [0.1, 0.15) is 23.7 Å². The smallest absolute Gasteiger partial charge is 0.233 e. The minimum atomic E-state index is -0.681. The number of aromatic nitrogens is 1. The third-order valence-electron chi connectivity index (χ3n) is 6.18. The number of para-hydroxylation sites is 2. The molecule has 0 unspecified atom stereocenters. The van der Waals surface area contributed by atoms with Gasteiger partial charge in [0.2, 0.25) is 11.8 Å². The lowest BCUT2D eigenvalue weighted by atomic mass is 10.2. The molecule has 43 heavy (non-hydrogen) atoms. The standard InChI is InChI=1S/C32H27ClFN3O5S/c1-40-27-9-3-2-8-24(27)37-31(39)19-30(38)36-21-10-11-26(23(34)17-21)42-28-12-14-35-25-18-29(43-32(25)28)20-6-4-7-22(16-20)41-15-5-13-33/h2-4,6-12,14,16-18H,5,13,15,19H2,1H3,(H,36,38)(H,37,39). The predicted molar refractivity (Wildman–Crippen MR) is 167 cm³/mol. The van der Waals surface area contributed by atoms with E-state index in [1.807, 2.05) is 30.3 Å². The van der Waals surface area contributed by atoms with Crippen molar-refractivity contribution < 1.29 is 28.2 Å². The number of methoxy groups -OCH3 is 1. The molecule has 5 aromatic rings. The van der Waals surface area contributed by atoms with Crippen LogP contribution in [0, 0.1) is 5.82 Å². The van der Waals surface area contributed by atoms with Crippen LogP contribution in [0.4, 0.5) is 15.8 Å². The lowest BCUT2D eigenvalue weighted by molar-refractivity contribution is -0.123. The van der Waals surface area contributed by atoms with Crippen molar-refractivity contribution in [3.8, 4) is 33.4 Å². The first-order valence-electron chi connectivity index (χ1n) is 13.3. The number of anilines is 2. The first kappa shape index (κ1) is 29.8. The van der Waals surface area contributed by atoms with Crippen LogP contribution < -0.4 is 24.8 Å². The van der Waals surface area contributed by atoms with Gasteiger partial charge in [-0.2, -0.15) is 0 Å². The zero-order valence-electron chi connectivity index (χ0n) is 23.1. The number of ether oxygens (including phenoxy) is 3. The van der Waals surface area contributed by atoms with E-state index in [1.54, 1.807) is 36.5 Å². The summed E-state index contributed by atoms with van der Waals surface area (Å²) in [6, 6.07) is 22.3. The van der Waals surface area contributed by atoms with Gasteiger partial charge in [-0.1, -0.05) is 24.3 Å². The van der Waals surface area contributed by atoms with Crippen LogP contribution in [0.15, 0.2) is 85.1 Å². The summed E-state index contributed by atoms with van der Waals surface area (Å²) in [6.07, 6.45) is 1.89. The number of nitrogens with one attached hydrogen (secondary N) is 2. The highest BCUT2D eigenvalue weighted by Gasteiger charge is 2.16. The van der Waals surface area contributed by atoms with Gasteiger partial charge in [0.25, 0.3) is 0 Å². The number of fused-ring (bicyclic) bond motifs is 1. The first-order chi connectivity index (χ1) is 20.9. The third kappa shape index (κ3) is 7.59. The van der Waals surface area contributed by atoms with Gasteiger partial charge in [-0.3, -0.25) is 14.6 Å². The Morgan fingerprint density at radius 2 is 1.77 bits per heavy atom. The topological polar surface area (TPSA) is 98.8 Å². The van der Waals surface area contributed by atoms with Crippen molar-refractivity contribution in [2.75, 3.05) is 30.2 Å². The minimum absolute atomic E-state index is 0.0240. The van der Waals surface area contributed by atoms with E-state index in [9.17, 15) is 9.59 Å². The highest BCUT2D eigenvalue weighted by atomic mass is 35.5. The predicted octanol–water partition coefficient (Wildman–Crippen LogP) is 7.88. The van der Waals surface area contributed by atoms with Gasteiger partial charge < -0.3 is 24.8 Å². The molecule has 2 amide bonds. The zero-order chi connectivity index (χ0) is 30.2. The number of halogens is 2. The summed E-state index contributed by atoms with van der Waals surface area (Å²) in [4.78, 5) is 30.2. The number of thiophene rings is 1. The van der Waals surface area contributed by atoms with Crippen molar-refractivity contribution in [1.82, 2.24) is 4.98 Å². The average Bonchev–Trinajstić information content (AvgIpc) is 3.45. The molecule has 0 saturated heterocycles. The van der Waals surface area contributed by atoms with E-state index >= 15 is 4.39 Å². The molecule has 11 heteroatoms. The molecule has 220 valence electrons. The number of rotatable bonds is 12. The molecular weight excluding hydrogens is 593 g/mol. The Morgan fingerprint density at radius 3 is 2.58 bits per heavy atom. The van der Waals surface area contributed by atoms with Gasteiger partial charge in [0, 0.05) is 34.8 Å². The maximum absolute atomic E-state index is 15.1. The van der Waals surface area contributed by atoms with Crippen LogP contribution in [0.25, 0.3) is 20.7 Å². The Morgan fingerprint density at radius 1 is 0.930 bits per heavy atom. The number of hydrogen-bond acceptors (Lipinski definition) is 7. The molecule has 0 radical (unpaired) electrons. The lowest BCUT2D eigenvalue weighted by Gasteiger charge is -2.11. The molecule has 0 aliphatic rings. The Balaban J connectivity index is 1.25. The summed E-state index contributed by atoms with van der Waals surface area (Å²) in [7, 11) is 1.48. The molecule has 0 fully saturated rings. The molecule has 0 atom stereocenters. The highest BCUT2D eigenvalue weighted by molar-refractivity contribution is 7.22. The molecule has 0 aliphatic carbocycles. The average molecular weight is 620 g/mol. The quantitative estimate of drug-likeness (QED) is 0.0837. The van der Waals surface area contributed by atoms with Gasteiger partial charge in [-0.25, -0.2) is 4.39 Å². The zero-order valence-corrected chi connectivity index (χ0v) is 24.6. The van der Waals surface area contributed by atoms with Gasteiger partial charge in [-0.05, 0) is 54.4 Å². The molecule has 2 aromatic heterocycles. The van der Waals surface area contributed by atoms with E-state index in [-0.39, 0.29) is 11.4 Å². The number of nitrogens with zero attached hydrogens (tertiary/aromatic N) is 1. The molecule has 3 aromatic carbocycles. The number of carbonyl (C=O) groups is 2. The fraction of sp³-hybridized carbons (Fsp3) is 0.156. The fourth-order valence-electron chi connectivity index (χ4n) is 4.19. The maximum Gasteiger partial charge on any atom is 0.233 e. The van der Waals surface area contributed by atoms with Crippen LogP contribution in [0.1, 0.15) is 12.8 Å². The van der Waals surface area contributed by atoms with E-state index in [0.717, 1.165) is 33.4 Å². The van der Waals surface area contributed by atoms with Crippen LogP contribution in [0.3, 0.4) is 0 Å². The first-order valence-corrected chi connectivity index (χ1v) is 14.7. The number of alkyl halides is 1. The Kier molecular flexibility index (Phi) is 9.70. The van der Waals surface area contributed by atoms with Crippen LogP contribution in [0.2, 0.25) is 0 Å². The molecular formula is C32H27ClFN3O5S. The second kappa shape index (κ2) is 14.0. The summed E-state index contributed by atoms with van der Waals surface area (Å²) in [5.74, 6) is 0.351. The van der Waals surface area contributed by atoms with Crippen LogP contribution in [-0.2, 0) is 9.59 Å². The van der Waals surface area contributed by atoms with Crippen molar-refractivity contribution in [1.29, 1.82) is 0 Å². The summed E-state index contributed by atoms with van der Waals surface area (Å²) in [5, 5.41) is 5.17. The van der Waals surface area contributed by atoms with E-state index in [1.165, 1.54) is 30.6 Å². The van der Waals surface area contributed by atoms with E-state index < -0.39 is 24.1 Å². The van der Waals surface area contributed by atoms with Crippen LogP contribution in [0.5, 0.6) is 23.0 Å². The molecule has 0 saturated carbocycles. The Bertz CT molecular complexity index is 1760. The molecule has 5 rings (SSSR count). The number of carbonyl (C=O) groups excluding carboxylic acids is 2. The molecule has 0 aliphatic heterocycles. The second-order valence-electron chi connectivity index (χ2n) is 9.27. The van der Waals surface area contributed by atoms with E-state index in [2.05, 4.69) is 15.6 Å². The van der Waals surface area contributed by atoms with Crippen molar-refractivity contribution in [2.45, 2.75) is 12.8 Å². The van der Waals surface area contributed by atoms with Crippen molar-refractivity contribution in [3.05, 3.63) is 90.9 Å². The monoisotopic (exact) mass is 619 g/mol. The largest absolute Gasteiger partial charge is 0.495 e. The van der Waals surface area contributed by atoms with Gasteiger partial charge in [0.15, 0.2) is 11.6 Å². The summed E-state index contributed by atoms with van der Waals surface area (Å²) >= 11 is 7.21. The second-order valence-corrected chi connectivity index (χ2v) is 10.7. The fourth-order valence-corrected chi connectivity index (χ4v) is 5.37. The molecule has 0 bridgehead atoms. The Labute approximate surface area is 256 Å².